The Balaban J connectivity index is 2.25. The molecule has 0 radical (unpaired) electrons. The minimum Gasteiger partial charge on any atom is -0.348 e. The van der Waals surface area contributed by atoms with Crippen LogP contribution in [0.4, 0.5) is 5.82 Å². The number of amides is 1. The molecule has 1 atom stereocenters. The third kappa shape index (κ3) is 2.07. The molecule has 15 heavy (non-hydrogen) atoms. The van der Waals surface area contributed by atoms with E-state index in [1.54, 1.807) is 11.1 Å². The lowest BCUT2D eigenvalue weighted by Gasteiger charge is -2.15. The van der Waals surface area contributed by atoms with E-state index in [2.05, 4.69) is 17.6 Å². The number of hydrogen-bond acceptors (Lipinski definition) is 3. The molecule has 2 rings (SSSR count). The first-order valence-corrected chi connectivity index (χ1v) is 5.44. The Hall–Kier alpha value is -1.23. The van der Waals surface area contributed by atoms with Gasteiger partial charge in [-0.15, -0.1) is 0 Å². The van der Waals surface area contributed by atoms with Gasteiger partial charge >= 0.3 is 0 Å². The molecule has 80 valence electrons. The van der Waals surface area contributed by atoms with Gasteiger partial charge in [-0.1, -0.05) is 0 Å². The maximum atomic E-state index is 11.6. The highest BCUT2D eigenvalue weighted by atomic mass is 32.1. The van der Waals surface area contributed by atoms with E-state index in [4.69, 9.17) is 0 Å². The van der Waals surface area contributed by atoms with Gasteiger partial charge in [0.05, 0.1) is 0 Å². The summed E-state index contributed by atoms with van der Waals surface area (Å²) in [5.74, 6) is 1.61. The maximum absolute atomic E-state index is 11.6. The first-order chi connectivity index (χ1) is 7.20. The molecular formula is C10H12N2O2S. The van der Waals surface area contributed by atoms with Crippen LogP contribution >= 0.6 is 12.6 Å². The molecule has 0 spiro atoms. The first-order valence-electron chi connectivity index (χ1n) is 4.80. The summed E-state index contributed by atoms with van der Waals surface area (Å²) >= 11 is 4.18. The molecule has 1 aromatic rings. The number of aromatic nitrogens is 1. The number of pyridine rings is 1. The Labute approximate surface area is 92.7 Å². The highest BCUT2D eigenvalue weighted by Crippen LogP contribution is 2.22. The van der Waals surface area contributed by atoms with Crippen LogP contribution in [0.15, 0.2) is 23.1 Å². The lowest BCUT2D eigenvalue weighted by molar-refractivity contribution is -0.117. The van der Waals surface area contributed by atoms with Crippen molar-refractivity contribution in [3.63, 3.8) is 0 Å². The molecule has 1 amide bonds. The molecule has 0 saturated carbocycles. The van der Waals surface area contributed by atoms with E-state index in [1.807, 2.05) is 0 Å². The van der Waals surface area contributed by atoms with Crippen LogP contribution in [0.25, 0.3) is 0 Å². The molecule has 4 nitrogen and oxygen atoms in total. The normalized spacial score (nSPS) is 21.0. The Morgan fingerprint density at radius 1 is 1.53 bits per heavy atom. The number of carbonyl (C=O) groups is 1. The second-order valence-corrected chi connectivity index (χ2v) is 4.03. The molecule has 1 aliphatic heterocycles. The van der Waals surface area contributed by atoms with E-state index in [1.165, 1.54) is 12.1 Å². The van der Waals surface area contributed by atoms with E-state index >= 15 is 0 Å². The molecule has 0 aliphatic carbocycles. The number of nitrogens with one attached hydrogen (secondary N) is 1. The molecule has 0 aromatic carbocycles. The standard InChI is InChI=1S/C10H12N2O2S/c13-8-1-2-11-9(4-8)12-5-7(6-15)3-10(12)14/h1-2,4,7,15H,3,5-6H2,(H,11,13). The predicted molar refractivity (Wildman–Crippen MR) is 61.4 cm³/mol. The Bertz CT molecular complexity index is 429. The van der Waals surface area contributed by atoms with E-state index in [9.17, 15) is 9.59 Å². The third-order valence-electron chi connectivity index (χ3n) is 2.51. The summed E-state index contributed by atoms with van der Waals surface area (Å²) in [5, 5.41) is 0. The van der Waals surface area contributed by atoms with E-state index in [0.717, 1.165) is 0 Å². The molecule has 1 saturated heterocycles. The topological polar surface area (TPSA) is 53.2 Å². The van der Waals surface area contributed by atoms with Crippen LogP contribution in [-0.4, -0.2) is 23.2 Å². The van der Waals surface area contributed by atoms with E-state index in [-0.39, 0.29) is 17.3 Å². The molecule has 5 heteroatoms. The minimum absolute atomic E-state index is 0.0518. The van der Waals surface area contributed by atoms with Crippen molar-refractivity contribution >= 4 is 24.4 Å². The zero-order valence-corrected chi connectivity index (χ0v) is 9.04. The van der Waals surface area contributed by atoms with Gasteiger partial charge in [0.2, 0.25) is 5.91 Å². The van der Waals surface area contributed by atoms with Crippen molar-refractivity contribution in [3.05, 3.63) is 28.6 Å². The van der Waals surface area contributed by atoms with Crippen LogP contribution in [0.5, 0.6) is 0 Å². The van der Waals surface area contributed by atoms with Crippen molar-refractivity contribution in [1.82, 2.24) is 4.98 Å². The number of H-pyrrole nitrogens is 1. The summed E-state index contributed by atoms with van der Waals surface area (Å²) in [6, 6.07) is 2.87. The summed E-state index contributed by atoms with van der Waals surface area (Å²) < 4.78 is 0. The SMILES string of the molecule is O=C1CC(CS)CN1c1cc(=O)cc[nH]1. The number of carbonyl (C=O) groups excluding carboxylic acids is 1. The van der Waals surface area contributed by atoms with Crippen molar-refractivity contribution in [3.8, 4) is 0 Å². The number of anilines is 1. The first kappa shape index (κ1) is 10.3. The van der Waals surface area contributed by atoms with Crippen molar-refractivity contribution in [1.29, 1.82) is 0 Å². The van der Waals surface area contributed by atoms with Crippen molar-refractivity contribution in [2.45, 2.75) is 6.42 Å². The highest BCUT2D eigenvalue weighted by molar-refractivity contribution is 7.80. The van der Waals surface area contributed by atoms with Crippen molar-refractivity contribution in [2.24, 2.45) is 5.92 Å². The highest BCUT2D eigenvalue weighted by Gasteiger charge is 2.29. The summed E-state index contributed by atoms with van der Waals surface area (Å²) in [6.07, 6.45) is 2.07. The maximum Gasteiger partial charge on any atom is 0.228 e. The number of nitrogens with zero attached hydrogens (tertiary/aromatic N) is 1. The van der Waals surface area contributed by atoms with Gasteiger partial charge in [0.15, 0.2) is 5.43 Å². The largest absolute Gasteiger partial charge is 0.348 e. The fourth-order valence-electron chi connectivity index (χ4n) is 1.73. The van der Waals surface area contributed by atoms with Crippen molar-refractivity contribution in [2.75, 3.05) is 17.2 Å². The average molecular weight is 224 g/mol. The van der Waals surface area contributed by atoms with Gasteiger partial charge in [-0.25, -0.2) is 0 Å². The summed E-state index contributed by atoms with van der Waals surface area (Å²) in [4.78, 5) is 27.3. The number of thiol groups is 1. The van der Waals surface area contributed by atoms with Crippen LogP contribution in [0.3, 0.4) is 0 Å². The smallest absolute Gasteiger partial charge is 0.228 e. The molecule has 1 fully saturated rings. The zero-order chi connectivity index (χ0) is 10.8. The van der Waals surface area contributed by atoms with Gasteiger partial charge in [-0.05, 0) is 11.7 Å². The van der Waals surface area contributed by atoms with Gasteiger partial charge in [0.25, 0.3) is 0 Å². The van der Waals surface area contributed by atoms with Gasteiger partial charge in [-0.3, -0.25) is 14.5 Å². The van der Waals surface area contributed by atoms with Gasteiger partial charge in [-0.2, -0.15) is 12.6 Å². The molecule has 1 aliphatic rings. The second-order valence-electron chi connectivity index (χ2n) is 3.67. The molecular weight excluding hydrogens is 212 g/mol. The zero-order valence-electron chi connectivity index (χ0n) is 8.14. The number of hydrogen-bond donors (Lipinski definition) is 2. The van der Waals surface area contributed by atoms with Crippen LogP contribution in [0.1, 0.15) is 6.42 Å². The van der Waals surface area contributed by atoms with Gasteiger partial charge in [0, 0.05) is 31.3 Å². The molecule has 1 N–H and O–H groups in total. The Morgan fingerprint density at radius 2 is 2.33 bits per heavy atom. The summed E-state index contributed by atoms with van der Waals surface area (Å²) in [7, 11) is 0. The fraction of sp³-hybridized carbons (Fsp3) is 0.400. The fourth-order valence-corrected chi connectivity index (χ4v) is 1.97. The lowest BCUT2D eigenvalue weighted by atomic mass is 10.1. The van der Waals surface area contributed by atoms with E-state index in [0.29, 0.717) is 24.5 Å². The molecule has 1 aromatic heterocycles. The summed E-state index contributed by atoms with van der Waals surface area (Å²) in [5.41, 5.74) is -0.0918. The lowest BCUT2D eigenvalue weighted by Crippen LogP contribution is -2.26. The van der Waals surface area contributed by atoms with Crippen LogP contribution in [0.2, 0.25) is 0 Å². The van der Waals surface area contributed by atoms with Crippen LogP contribution < -0.4 is 10.3 Å². The molecule has 2 heterocycles. The predicted octanol–water partition coefficient (Wildman–Crippen LogP) is 0.658. The Kier molecular flexibility index (Phi) is 2.81. The van der Waals surface area contributed by atoms with Gasteiger partial charge < -0.3 is 4.98 Å². The second kappa shape index (κ2) is 4.10. The Morgan fingerprint density at radius 3 is 2.93 bits per heavy atom. The third-order valence-corrected chi connectivity index (χ3v) is 3.03. The quantitative estimate of drug-likeness (QED) is 0.725. The van der Waals surface area contributed by atoms with Crippen LogP contribution in [-0.2, 0) is 4.79 Å². The summed E-state index contributed by atoms with van der Waals surface area (Å²) in [6.45, 7) is 0.641. The van der Waals surface area contributed by atoms with Gasteiger partial charge in [0.1, 0.15) is 5.82 Å². The van der Waals surface area contributed by atoms with Crippen molar-refractivity contribution < 1.29 is 4.79 Å². The number of rotatable bonds is 2. The molecule has 1 unspecified atom stereocenters. The number of aromatic amines is 1. The van der Waals surface area contributed by atoms with Crippen LogP contribution in [0, 0.1) is 5.92 Å². The minimum atomic E-state index is -0.0918. The monoisotopic (exact) mass is 224 g/mol. The van der Waals surface area contributed by atoms with E-state index < -0.39 is 0 Å². The average Bonchev–Trinajstić information content (AvgIpc) is 2.60. The molecule has 0 bridgehead atoms.